The fraction of sp³-hybridized carbons (Fsp3) is 0.444. The number of hydrogen-bond donors (Lipinski definition) is 1. The number of aryl methyl sites for hydroxylation is 2. The van der Waals surface area contributed by atoms with Crippen molar-refractivity contribution in [1.29, 1.82) is 0 Å². The van der Waals surface area contributed by atoms with E-state index in [1.54, 1.807) is 7.11 Å². The second-order valence-electron chi connectivity index (χ2n) is 6.44. The molecule has 9 nitrogen and oxygen atoms in total. The average Bonchev–Trinajstić information content (AvgIpc) is 3.32. The van der Waals surface area contributed by atoms with Gasteiger partial charge in [0.25, 0.3) is 0 Å². The minimum Gasteiger partial charge on any atom is -0.385 e. The summed E-state index contributed by atoms with van der Waals surface area (Å²) < 4.78 is 13.6. The molecule has 0 radical (unpaired) electrons. The number of Topliss-reactive ketones (excluding diaryl/α,β-unsaturated/α-hetero) is 1. The van der Waals surface area contributed by atoms with E-state index in [4.69, 9.17) is 9.26 Å². The largest absolute Gasteiger partial charge is 0.385 e. The number of H-pyrrole nitrogens is 1. The van der Waals surface area contributed by atoms with E-state index in [2.05, 4.69) is 15.4 Å². The van der Waals surface area contributed by atoms with Gasteiger partial charge in [-0.3, -0.25) is 13.9 Å². The van der Waals surface area contributed by atoms with Crippen molar-refractivity contribution in [1.82, 2.24) is 24.5 Å². The van der Waals surface area contributed by atoms with Crippen molar-refractivity contribution in [2.45, 2.75) is 38.9 Å². The summed E-state index contributed by atoms with van der Waals surface area (Å²) in [5, 5.41) is 11.0. The summed E-state index contributed by atoms with van der Waals surface area (Å²) in [6.45, 7) is 6.66. The number of rotatable bonds is 9. The number of carbonyl (C=O) groups is 1. The normalized spacial score (nSPS) is 11.3. The molecule has 3 aromatic rings. The average molecular weight is 405 g/mol. The lowest BCUT2D eigenvalue weighted by atomic mass is 10.2. The zero-order valence-electron chi connectivity index (χ0n) is 16.3. The number of nitrogens with zero attached hydrogens (tertiary/aromatic N) is 4. The molecule has 0 spiro atoms. The summed E-state index contributed by atoms with van der Waals surface area (Å²) in [5.41, 5.74) is 2.03. The molecule has 1 N–H and O–H groups in total. The maximum Gasteiger partial charge on any atom is 0.343 e. The summed E-state index contributed by atoms with van der Waals surface area (Å²) in [4.78, 5) is 24.7. The van der Waals surface area contributed by atoms with Crippen LogP contribution in [0.15, 0.2) is 26.6 Å². The van der Waals surface area contributed by atoms with Gasteiger partial charge in [0, 0.05) is 43.3 Å². The van der Waals surface area contributed by atoms with Crippen LogP contribution in [-0.4, -0.2) is 49.7 Å². The van der Waals surface area contributed by atoms with Gasteiger partial charge in [-0.15, -0.1) is 5.10 Å². The van der Waals surface area contributed by atoms with E-state index in [-0.39, 0.29) is 17.2 Å². The summed E-state index contributed by atoms with van der Waals surface area (Å²) in [5.74, 6) is 1.49. The van der Waals surface area contributed by atoms with Gasteiger partial charge in [0.05, 0.1) is 5.75 Å². The lowest BCUT2D eigenvalue weighted by Gasteiger charge is -2.06. The van der Waals surface area contributed by atoms with Crippen LogP contribution in [0.3, 0.4) is 0 Å². The standard InChI is InChI=1S/C18H23N5O4S/c1-11-8-14(13(3)23(11)16-9-12(2)27-21-16)15(24)10-28-18-20-19-17(25)22(18)6-5-7-26-4/h8-9H,5-7,10H2,1-4H3,(H,19,25). The number of carbonyl (C=O) groups excluding carboxylic acids is 1. The van der Waals surface area contributed by atoms with Gasteiger partial charge < -0.3 is 9.26 Å². The van der Waals surface area contributed by atoms with Crippen molar-refractivity contribution in [2.75, 3.05) is 19.5 Å². The molecule has 28 heavy (non-hydrogen) atoms. The maximum absolute atomic E-state index is 12.8. The fourth-order valence-corrected chi connectivity index (χ4v) is 3.90. The number of thioether (sulfide) groups is 1. The van der Waals surface area contributed by atoms with Crippen LogP contribution in [0, 0.1) is 20.8 Å². The Balaban J connectivity index is 1.74. The van der Waals surface area contributed by atoms with Gasteiger partial charge in [-0.1, -0.05) is 16.9 Å². The highest BCUT2D eigenvalue weighted by molar-refractivity contribution is 7.99. The van der Waals surface area contributed by atoms with Crippen molar-refractivity contribution < 1.29 is 14.1 Å². The quantitative estimate of drug-likeness (QED) is 0.330. The van der Waals surface area contributed by atoms with E-state index in [1.165, 1.54) is 16.3 Å². The summed E-state index contributed by atoms with van der Waals surface area (Å²) in [6, 6.07) is 3.67. The third-order valence-corrected chi connectivity index (χ3v) is 5.34. The molecule has 0 saturated heterocycles. The lowest BCUT2D eigenvalue weighted by Crippen LogP contribution is -2.18. The Hall–Kier alpha value is -2.59. The van der Waals surface area contributed by atoms with Gasteiger partial charge >= 0.3 is 5.69 Å². The SMILES string of the molecule is COCCCn1c(SCC(=O)c2cc(C)n(-c3cc(C)on3)c2C)n[nH]c1=O. The first-order chi connectivity index (χ1) is 13.4. The highest BCUT2D eigenvalue weighted by atomic mass is 32.2. The highest BCUT2D eigenvalue weighted by Crippen LogP contribution is 2.23. The van der Waals surface area contributed by atoms with E-state index in [0.717, 1.165) is 11.4 Å². The zero-order valence-corrected chi connectivity index (χ0v) is 17.1. The number of ketones is 1. The molecule has 0 amide bonds. The second-order valence-corrected chi connectivity index (χ2v) is 7.38. The maximum atomic E-state index is 12.8. The lowest BCUT2D eigenvalue weighted by molar-refractivity contribution is 0.102. The molecule has 10 heteroatoms. The van der Waals surface area contributed by atoms with Gasteiger partial charge in [0.15, 0.2) is 16.8 Å². The Morgan fingerprint density at radius 3 is 2.79 bits per heavy atom. The highest BCUT2D eigenvalue weighted by Gasteiger charge is 2.19. The van der Waals surface area contributed by atoms with E-state index < -0.39 is 0 Å². The van der Waals surface area contributed by atoms with Crippen molar-refractivity contribution in [2.24, 2.45) is 0 Å². The second kappa shape index (κ2) is 8.61. The van der Waals surface area contributed by atoms with Gasteiger partial charge in [-0.25, -0.2) is 9.89 Å². The van der Waals surface area contributed by atoms with Gasteiger partial charge in [-0.05, 0) is 33.3 Å². The van der Waals surface area contributed by atoms with Gasteiger partial charge in [0.1, 0.15) is 5.76 Å². The van der Waals surface area contributed by atoms with E-state index in [0.29, 0.717) is 41.9 Å². The molecule has 0 aliphatic heterocycles. The van der Waals surface area contributed by atoms with Crippen molar-refractivity contribution in [3.63, 3.8) is 0 Å². The monoisotopic (exact) mass is 405 g/mol. The molecule has 0 saturated carbocycles. The molecule has 0 fully saturated rings. The summed E-state index contributed by atoms with van der Waals surface area (Å²) in [7, 11) is 1.61. The number of nitrogens with one attached hydrogen (secondary N) is 1. The first kappa shape index (κ1) is 20.2. The molecule has 0 bridgehead atoms. The Labute approximate surface area is 166 Å². The first-order valence-electron chi connectivity index (χ1n) is 8.85. The number of ether oxygens (including phenoxy) is 1. The van der Waals surface area contributed by atoms with E-state index >= 15 is 0 Å². The van der Waals surface area contributed by atoms with Crippen LogP contribution in [0.2, 0.25) is 0 Å². The molecule has 0 aliphatic rings. The van der Waals surface area contributed by atoms with Crippen molar-refractivity contribution in [3.05, 3.63) is 45.3 Å². The van der Waals surface area contributed by atoms with Crippen LogP contribution < -0.4 is 5.69 Å². The Morgan fingerprint density at radius 2 is 2.11 bits per heavy atom. The van der Waals surface area contributed by atoms with Crippen LogP contribution in [0.1, 0.15) is 33.9 Å². The smallest absolute Gasteiger partial charge is 0.343 e. The third-order valence-electron chi connectivity index (χ3n) is 4.36. The predicted octanol–water partition coefficient (Wildman–Crippen LogP) is 2.29. The number of hydrogen-bond acceptors (Lipinski definition) is 7. The molecule has 0 aliphatic carbocycles. The number of aromatic nitrogens is 5. The van der Waals surface area contributed by atoms with Crippen LogP contribution in [0.25, 0.3) is 5.82 Å². The topological polar surface area (TPSA) is 108 Å². The van der Waals surface area contributed by atoms with E-state index in [1.807, 2.05) is 37.5 Å². The van der Waals surface area contributed by atoms with Crippen molar-refractivity contribution >= 4 is 17.5 Å². The molecule has 150 valence electrons. The molecular weight excluding hydrogens is 382 g/mol. The van der Waals surface area contributed by atoms with Crippen LogP contribution in [-0.2, 0) is 11.3 Å². The predicted molar refractivity (Wildman–Crippen MR) is 104 cm³/mol. The first-order valence-corrected chi connectivity index (χ1v) is 9.83. The molecule has 0 aromatic carbocycles. The molecule has 3 rings (SSSR count). The van der Waals surface area contributed by atoms with Gasteiger partial charge in [0.2, 0.25) is 0 Å². The Bertz CT molecular complexity index is 1030. The molecule has 0 unspecified atom stereocenters. The van der Waals surface area contributed by atoms with Crippen LogP contribution >= 0.6 is 11.8 Å². The zero-order chi connectivity index (χ0) is 20.3. The summed E-state index contributed by atoms with van der Waals surface area (Å²) in [6.07, 6.45) is 0.690. The van der Waals surface area contributed by atoms with E-state index in [9.17, 15) is 9.59 Å². The van der Waals surface area contributed by atoms with Crippen LogP contribution in [0.5, 0.6) is 0 Å². The fourth-order valence-electron chi connectivity index (χ4n) is 3.04. The Morgan fingerprint density at radius 1 is 1.32 bits per heavy atom. The van der Waals surface area contributed by atoms with Crippen molar-refractivity contribution in [3.8, 4) is 5.82 Å². The minimum absolute atomic E-state index is 0.0385. The minimum atomic E-state index is -0.286. The number of aromatic amines is 1. The third kappa shape index (κ3) is 4.12. The molecule has 0 atom stereocenters. The molecular formula is C18H23N5O4S. The summed E-state index contributed by atoms with van der Waals surface area (Å²) >= 11 is 1.24. The van der Waals surface area contributed by atoms with Crippen LogP contribution in [0.4, 0.5) is 0 Å². The Kier molecular flexibility index (Phi) is 6.20. The molecule has 3 aromatic heterocycles. The van der Waals surface area contributed by atoms with Gasteiger partial charge in [-0.2, -0.15) is 0 Å². The molecule has 3 heterocycles. The number of methoxy groups -OCH3 is 1.